The van der Waals surface area contributed by atoms with Crippen molar-refractivity contribution in [2.24, 2.45) is 0 Å². The summed E-state index contributed by atoms with van der Waals surface area (Å²) in [5.41, 5.74) is 5.62. The molecule has 0 spiro atoms. The summed E-state index contributed by atoms with van der Waals surface area (Å²) in [4.78, 5) is 19.5. The Bertz CT molecular complexity index is 630. The molecular weight excluding hydrogens is 258 g/mol. The van der Waals surface area contributed by atoms with Gasteiger partial charge in [-0.15, -0.1) is 6.42 Å². The molecule has 0 radical (unpaired) electrons. The highest BCUT2D eigenvalue weighted by molar-refractivity contribution is 5.80. The number of carbonyl (C=O) groups excluding carboxylic acids is 1. The summed E-state index contributed by atoms with van der Waals surface area (Å²) < 4.78 is 1.54. The molecule has 0 aliphatic heterocycles. The van der Waals surface area contributed by atoms with Crippen LogP contribution in [0.15, 0.2) is 24.5 Å². The van der Waals surface area contributed by atoms with Gasteiger partial charge in [0.15, 0.2) is 5.82 Å². The van der Waals surface area contributed by atoms with Crippen molar-refractivity contribution < 1.29 is 4.79 Å². The molecule has 1 amide bonds. The van der Waals surface area contributed by atoms with Crippen molar-refractivity contribution >= 4 is 17.7 Å². The number of nitrogens with one attached hydrogen (secondary N) is 2. The fourth-order valence-electron chi connectivity index (χ4n) is 1.45. The Labute approximate surface area is 115 Å². The fourth-order valence-corrected chi connectivity index (χ4v) is 1.45. The van der Waals surface area contributed by atoms with Gasteiger partial charge in [-0.1, -0.05) is 5.92 Å². The van der Waals surface area contributed by atoms with Gasteiger partial charge in [0.1, 0.15) is 5.82 Å². The van der Waals surface area contributed by atoms with Crippen molar-refractivity contribution in [1.82, 2.24) is 25.1 Å². The monoisotopic (exact) mass is 271 g/mol. The third kappa shape index (κ3) is 3.46. The minimum atomic E-state index is -0.235. The van der Waals surface area contributed by atoms with Crippen LogP contribution >= 0.6 is 0 Å². The van der Waals surface area contributed by atoms with Crippen molar-refractivity contribution in [2.75, 3.05) is 24.1 Å². The SMILES string of the molecule is C#CCNC(=O)CNc1cc(-n2cccn2)nc(N)n1. The number of hydrogen-bond donors (Lipinski definition) is 3. The summed E-state index contributed by atoms with van der Waals surface area (Å²) in [5, 5.41) is 9.42. The highest BCUT2D eigenvalue weighted by Crippen LogP contribution is 2.11. The van der Waals surface area contributed by atoms with Crippen molar-refractivity contribution in [3.8, 4) is 18.2 Å². The highest BCUT2D eigenvalue weighted by Gasteiger charge is 2.06. The number of terminal acetylenes is 1. The Morgan fingerprint density at radius 1 is 1.50 bits per heavy atom. The molecule has 0 bridgehead atoms. The number of nitrogens with two attached hydrogens (primary N) is 1. The normalized spacial score (nSPS) is 9.75. The Morgan fingerprint density at radius 3 is 3.05 bits per heavy atom. The van der Waals surface area contributed by atoms with Gasteiger partial charge in [-0.25, -0.2) is 4.68 Å². The first-order chi connectivity index (χ1) is 9.69. The molecule has 0 saturated carbocycles. The van der Waals surface area contributed by atoms with E-state index in [1.54, 1.807) is 29.2 Å². The van der Waals surface area contributed by atoms with Crippen molar-refractivity contribution in [2.45, 2.75) is 0 Å². The second kappa shape index (κ2) is 6.19. The number of hydrogen-bond acceptors (Lipinski definition) is 6. The minimum Gasteiger partial charge on any atom is -0.368 e. The van der Waals surface area contributed by atoms with E-state index in [1.165, 1.54) is 0 Å². The Kier molecular flexibility index (Phi) is 4.14. The number of rotatable bonds is 5. The van der Waals surface area contributed by atoms with E-state index in [9.17, 15) is 4.79 Å². The molecule has 2 heterocycles. The van der Waals surface area contributed by atoms with Crippen molar-refractivity contribution in [3.05, 3.63) is 24.5 Å². The number of carbonyl (C=O) groups is 1. The first-order valence-electron chi connectivity index (χ1n) is 5.77. The number of anilines is 2. The molecule has 8 heteroatoms. The van der Waals surface area contributed by atoms with E-state index < -0.39 is 0 Å². The molecule has 0 aliphatic carbocycles. The van der Waals surface area contributed by atoms with Crippen LogP contribution in [0.5, 0.6) is 0 Å². The molecule has 0 saturated heterocycles. The summed E-state index contributed by atoms with van der Waals surface area (Å²) in [7, 11) is 0. The fraction of sp³-hybridized carbons (Fsp3) is 0.167. The maximum absolute atomic E-state index is 11.4. The second-order valence-electron chi connectivity index (χ2n) is 3.75. The first-order valence-corrected chi connectivity index (χ1v) is 5.77. The standard InChI is InChI=1S/C12H13N7O/c1-2-4-14-11(20)8-15-9-7-10(18-12(13)17-9)19-6-3-5-16-19/h1,3,5-7H,4,8H2,(H,14,20)(H3,13,15,17,18). The zero-order valence-corrected chi connectivity index (χ0v) is 10.6. The number of nitrogens with zero attached hydrogens (tertiary/aromatic N) is 4. The maximum atomic E-state index is 11.4. The van der Waals surface area contributed by atoms with Crippen LogP contribution in [-0.2, 0) is 4.79 Å². The van der Waals surface area contributed by atoms with E-state index in [2.05, 4.69) is 31.6 Å². The smallest absolute Gasteiger partial charge is 0.240 e. The van der Waals surface area contributed by atoms with Gasteiger partial charge < -0.3 is 16.4 Å². The van der Waals surface area contributed by atoms with Crippen molar-refractivity contribution in [3.63, 3.8) is 0 Å². The van der Waals surface area contributed by atoms with E-state index in [4.69, 9.17) is 12.2 Å². The van der Waals surface area contributed by atoms with Crippen molar-refractivity contribution in [1.29, 1.82) is 0 Å². The molecule has 2 rings (SSSR count). The summed E-state index contributed by atoms with van der Waals surface area (Å²) in [6.45, 7) is 0.224. The molecule has 8 nitrogen and oxygen atoms in total. The van der Waals surface area contributed by atoms with Crippen LogP contribution in [0, 0.1) is 12.3 Å². The first kappa shape index (κ1) is 13.4. The summed E-state index contributed by atoms with van der Waals surface area (Å²) in [6.07, 6.45) is 8.40. The lowest BCUT2D eigenvalue weighted by atomic mass is 10.4. The predicted octanol–water partition coefficient (Wildman–Crippen LogP) is -0.594. The summed E-state index contributed by atoms with van der Waals surface area (Å²) in [5.74, 6) is 3.11. The Balaban J connectivity index is 2.06. The molecule has 0 fully saturated rings. The molecule has 4 N–H and O–H groups in total. The minimum absolute atomic E-state index is 0.0384. The molecule has 20 heavy (non-hydrogen) atoms. The Morgan fingerprint density at radius 2 is 2.35 bits per heavy atom. The van der Waals surface area contributed by atoms with Gasteiger partial charge >= 0.3 is 0 Å². The van der Waals surface area contributed by atoms with Gasteiger partial charge in [-0.2, -0.15) is 15.1 Å². The maximum Gasteiger partial charge on any atom is 0.240 e. The van der Waals surface area contributed by atoms with E-state index in [-0.39, 0.29) is 24.9 Å². The van der Waals surface area contributed by atoms with Crippen LogP contribution in [0.2, 0.25) is 0 Å². The second-order valence-corrected chi connectivity index (χ2v) is 3.75. The lowest BCUT2D eigenvalue weighted by Gasteiger charge is -2.08. The third-order valence-electron chi connectivity index (χ3n) is 2.29. The molecule has 2 aromatic heterocycles. The quantitative estimate of drug-likeness (QED) is 0.627. The van der Waals surface area contributed by atoms with Gasteiger partial charge in [-0.3, -0.25) is 4.79 Å². The summed E-state index contributed by atoms with van der Waals surface area (Å²) in [6, 6.07) is 3.40. The van der Waals surface area contributed by atoms with Crippen LogP contribution in [0.3, 0.4) is 0 Å². The molecule has 2 aromatic rings. The average Bonchev–Trinajstić information content (AvgIpc) is 2.96. The summed E-state index contributed by atoms with van der Waals surface area (Å²) >= 11 is 0. The molecule has 0 unspecified atom stereocenters. The van der Waals surface area contributed by atoms with Gasteiger partial charge in [0.25, 0.3) is 0 Å². The lowest BCUT2D eigenvalue weighted by Crippen LogP contribution is -2.30. The molecule has 0 aliphatic rings. The number of amides is 1. The lowest BCUT2D eigenvalue weighted by molar-refractivity contribution is -0.119. The van der Waals surface area contributed by atoms with E-state index in [0.29, 0.717) is 11.6 Å². The predicted molar refractivity (Wildman–Crippen MR) is 73.9 cm³/mol. The van der Waals surface area contributed by atoms with Crippen LogP contribution in [0.1, 0.15) is 0 Å². The highest BCUT2D eigenvalue weighted by atomic mass is 16.1. The van der Waals surface area contributed by atoms with Gasteiger partial charge in [0.05, 0.1) is 13.1 Å². The van der Waals surface area contributed by atoms with Crippen LogP contribution < -0.4 is 16.4 Å². The van der Waals surface area contributed by atoms with Gasteiger partial charge in [0, 0.05) is 18.5 Å². The third-order valence-corrected chi connectivity index (χ3v) is 2.29. The number of aromatic nitrogens is 4. The zero-order valence-electron chi connectivity index (χ0n) is 10.6. The molecule has 102 valence electrons. The molecule has 0 aromatic carbocycles. The van der Waals surface area contributed by atoms with Crippen LogP contribution in [0.4, 0.5) is 11.8 Å². The molecular formula is C12H13N7O. The van der Waals surface area contributed by atoms with E-state index in [0.717, 1.165) is 0 Å². The zero-order chi connectivity index (χ0) is 14.4. The van der Waals surface area contributed by atoms with E-state index >= 15 is 0 Å². The van der Waals surface area contributed by atoms with E-state index in [1.807, 2.05) is 0 Å². The van der Waals surface area contributed by atoms with Gasteiger partial charge in [0.2, 0.25) is 11.9 Å². The Hall–Kier alpha value is -3.08. The van der Waals surface area contributed by atoms with Crippen LogP contribution in [0.25, 0.3) is 5.82 Å². The molecule has 0 atom stereocenters. The van der Waals surface area contributed by atoms with Crippen LogP contribution in [-0.4, -0.2) is 38.7 Å². The number of nitrogen functional groups attached to an aromatic ring is 1. The van der Waals surface area contributed by atoms with Gasteiger partial charge in [-0.05, 0) is 6.07 Å². The topological polar surface area (TPSA) is 111 Å². The average molecular weight is 271 g/mol. The largest absolute Gasteiger partial charge is 0.368 e.